The molecule has 112 valence electrons. The Hall–Kier alpha value is -1.07. The molecule has 2 aromatic rings. The van der Waals surface area contributed by atoms with E-state index < -0.39 is 0 Å². The molecule has 1 saturated carbocycles. The number of nitrogens with one attached hydrogen (secondary N) is 1. The number of amides is 1. The number of thiophene rings is 1. The summed E-state index contributed by atoms with van der Waals surface area (Å²) < 4.78 is 2.04. The van der Waals surface area contributed by atoms with Gasteiger partial charge < -0.3 is 11.1 Å². The van der Waals surface area contributed by atoms with Crippen LogP contribution in [0.5, 0.6) is 0 Å². The van der Waals surface area contributed by atoms with Gasteiger partial charge in [0.15, 0.2) is 0 Å². The predicted octanol–water partition coefficient (Wildman–Crippen LogP) is 4.70. The smallest absolute Gasteiger partial charge is 0.263 e. The summed E-state index contributed by atoms with van der Waals surface area (Å²) >= 11 is 4.93. The summed E-state index contributed by atoms with van der Waals surface area (Å²) in [7, 11) is 0. The van der Waals surface area contributed by atoms with Crippen LogP contribution in [0.2, 0.25) is 0 Å². The van der Waals surface area contributed by atoms with Crippen molar-refractivity contribution in [3.8, 4) is 0 Å². The van der Waals surface area contributed by atoms with E-state index in [1.54, 1.807) is 0 Å². The first kappa shape index (κ1) is 14.9. The quantitative estimate of drug-likeness (QED) is 0.756. The second kappa shape index (κ2) is 6.36. The Bertz CT molecular complexity index is 660. The van der Waals surface area contributed by atoms with Crippen LogP contribution in [0, 0.1) is 0 Å². The molecule has 1 aliphatic rings. The van der Waals surface area contributed by atoms with Crippen LogP contribution in [0.15, 0.2) is 22.7 Å². The standard InChI is InChI=1S/C16H19BrN2OS/c17-10-7-8-13-12(9-10)14(18)15(21-13)16(20)19-11-5-3-1-2-4-6-11/h7-9,11H,1-6,18H2,(H,19,20). The molecule has 0 bridgehead atoms. The molecule has 1 aromatic carbocycles. The van der Waals surface area contributed by atoms with E-state index in [0.29, 0.717) is 16.6 Å². The predicted molar refractivity (Wildman–Crippen MR) is 92.9 cm³/mol. The van der Waals surface area contributed by atoms with Crippen molar-refractivity contribution < 1.29 is 4.79 Å². The van der Waals surface area contributed by atoms with Crippen molar-refractivity contribution in [2.75, 3.05) is 5.73 Å². The Morgan fingerprint density at radius 1 is 1.24 bits per heavy atom. The molecule has 5 heteroatoms. The summed E-state index contributed by atoms with van der Waals surface area (Å²) in [6, 6.07) is 6.26. The topological polar surface area (TPSA) is 55.1 Å². The number of nitrogen functional groups attached to an aromatic ring is 1. The van der Waals surface area contributed by atoms with Crippen LogP contribution < -0.4 is 11.1 Å². The van der Waals surface area contributed by atoms with Gasteiger partial charge in [0.05, 0.1) is 5.69 Å². The van der Waals surface area contributed by atoms with Crippen LogP contribution in [-0.4, -0.2) is 11.9 Å². The zero-order valence-corrected chi connectivity index (χ0v) is 14.2. The van der Waals surface area contributed by atoms with Gasteiger partial charge in [-0.25, -0.2) is 0 Å². The van der Waals surface area contributed by atoms with Crippen molar-refractivity contribution in [2.24, 2.45) is 0 Å². The molecule has 0 aliphatic heterocycles. The van der Waals surface area contributed by atoms with Gasteiger partial charge in [0.1, 0.15) is 4.88 Å². The summed E-state index contributed by atoms with van der Waals surface area (Å²) in [5.74, 6) is -0.0169. The first-order valence-electron chi connectivity index (χ1n) is 7.43. The number of benzene rings is 1. The zero-order chi connectivity index (χ0) is 14.8. The van der Waals surface area contributed by atoms with Crippen LogP contribution in [0.1, 0.15) is 48.2 Å². The number of nitrogens with two attached hydrogens (primary N) is 1. The lowest BCUT2D eigenvalue weighted by atomic mass is 10.1. The fourth-order valence-corrected chi connectivity index (χ4v) is 4.30. The van der Waals surface area contributed by atoms with Crippen molar-refractivity contribution in [2.45, 2.75) is 44.6 Å². The van der Waals surface area contributed by atoms with Crippen LogP contribution in [0.3, 0.4) is 0 Å². The van der Waals surface area contributed by atoms with Crippen molar-refractivity contribution in [1.82, 2.24) is 5.32 Å². The summed E-state index contributed by atoms with van der Waals surface area (Å²) in [5, 5.41) is 4.13. The zero-order valence-electron chi connectivity index (χ0n) is 11.8. The molecule has 1 amide bonds. The average molecular weight is 367 g/mol. The van der Waals surface area contributed by atoms with Crippen molar-refractivity contribution in [1.29, 1.82) is 0 Å². The van der Waals surface area contributed by atoms with E-state index in [1.165, 1.54) is 37.0 Å². The monoisotopic (exact) mass is 366 g/mol. The second-order valence-electron chi connectivity index (χ2n) is 5.65. The van der Waals surface area contributed by atoms with E-state index in [-0.39, 0.29) is 5.91 Å². The van der Waals surface area contributed by atoms with E-state index in [9.17, 15) is 4.79 Å². The average Bonchev–Trinajstić information content (AvgIpc) is 2.65. The molecule has 1 heterocycles. The van der Waals surface area contributed by atoms with Crippen molar-refractivity contribution in [3.63, 3.8) is 0 Å². The summed E-state index contributed by atoms with van der Waals surface area (Å²) in [4.78, 5) is 13.2. The summed E-state index contributed by atoms with van der Waals surface area (Å²) in [5.41, 5.74) is 6.77. The molecule has 1 aliphatic carbocycles. The van der Waals surface area contributed by atoms with E-state index >= 15 is 0 Å². The first-order chi connectivity index (χ1) is 10.1. The van der Waals surface area contributed by atoms with Crippen molar-refractivity contribution >= 4 is 48.9 Å². The number of fused-ring (bicyclic) bond motifs is 1. The molecule has 21 heavy (non-hydrogen) atoms. The highest BCUT2D eigenvalue weighted by molar-refractivity contribution is 9.10. The lowest BCUT2D eigenvalue weighted by Gasteiger charge is -2.15. The fraction of sp³-hybridized carbons (Fsp3) is 0.438. The highest BCUT2D eigenvalue weighted by Crippen LogP contribution is 2.35. The molecule has 1 fully saturated rings. The lowest BCUT2D eigenvalue weighted by molar-refractivity contribution is 0.0938. The maximum atomic E-state index is 12.5. The molecule has 1 aromatic heterocycles. The molecule has 0 saturated heterocycles. The number of anilines is 1. The number of hydrogen-bond donors (Lipinski definition) is 2. The molecule has 0 radical (unpaired) electrons. The van der Waals surface area contributed by atoms with E-state index in [0.717, 1.165) is 27.4 Å². The third-order valence-corrected chi connectivity index (χ3v) is 5.76. The van der Waals surface area contributed by atoms with Gasteiger partial charge in [-0.2, -0.15) is 0 Å². The van der Waals surface area contributed by atoms with Crippen molar-refractivity contribution in [3.05, 3.63) is 27.5 Å². The third kappa shape index (κ3) is 3.24. The maximum absolute atomic E-state index is 12.5. The Morgan fingerprint density at radius 2 is 1.95 bits per heavy atom. The van der Waals surface area contributed by atoms with Gasteiger partial charge in [-0.1, -0.05) is 41.6 Å². The number of rotatable bonds is 2. The number of carbonyl (C=O) groups excluding carboxylic acids is 1. The largest absolute Gasteiger partial charge is 0.397 e. The Morgan fingerprint density at radius 3 is 2.67 bits per heavy atom. The summed E-state index contributed by atoms with van der Waals surface area (Å²) in [6.45, 7) is 0. The van der Waals surface area contributed by atoms with Gasteiger partial charge in [0, 0.05) is 20.6 Å². The first-order valence-corrected chi connectivity index (χ1v) is 9.04. The lowest BCUT2D eigenvalue weighted by Crippen LogP contribution is -2.34. The van der Waals surface area contributed by atoms with Crippen LogP contribution in [0.4, 0.5) is 5.69 Å². The minimum atomic E-state index is -0.0169. The molecular weight excluding hydrogens is 348 g/mol. The van der Waals surface area contributed by atoms with Crippen LogP contribution in [-0.2, 0) is 0 Å². The number of halogens is 1. The molecule has 3 rings (SSSR count). The minimum Gasteiger partial charge on any atom is -0.397 e. The second-order valence-corrected chi connectivity index (χ2v) is 7.62. The van der Waals surface area contributed by atoms with Gasteiger partial charge in [-0.15, -0.1) is 11.3 Å². The van der Waals surface area contributed by atoms with Gasteiger partial charge in [-0.05, 0) is 31.0 Å². The molecule has 3 N–H and O–H groups in total. The Balaban J connectivity index is 1.82. The molecule has 0 spiro atoms. The van der Waals surface area contributed by atoms with E-state index in [1.807, 2.05) is 18.2 Å². The molecule has 0 unspecified atom stereocenters. The number of carbonyl (C=O) groups is 1. The fourth-order valence-electron chi connectivity index (χ4n) is 2.93. The molecule has 3 nitrogen and oxygen atoms in total. The van der Waals surface area contributed by atoms with Crippen LogP contribution in [0.25, 0.3) is 10.1 Å². The van der Waals surface area contributed by atoms with Crippen LogP contribution >= 0.6 is 27.3 Å². The van der Waals surface area contributed by atoms with E-state index in [2.05, 4.69) is 21.2 Å². The van der Waals surface area contributed by atoms with E-state index in [4.69, 9.17) is 5.73 Å². The number of hydrogen-bond acceptors (Lipinski definition) is 3. The van der Waals surface area contributed by atoms with Gasteiger partial charge in [-0.3, -0.25) is 4.79 Å². The van der Waals surface area contributed by atoms with Gasteiger partial charge in [0.2, 0.25) is 0 Å². The SMILES string of the molecule is Nc1c(C(=O)NC2CCCCCC2)sc2ccc(Br)cc12. The highest BCUT2D eigenvalue weighted by Gasteiger charge is 2.20. The minimum absolute atomic E-state index is 0.0169. The normalized spacial score (nSPS) is 16.8. The molecular formula is C16H19BrN2OS. The van der Waals surface area contributed by atoms with Gasteiger partial charge in [0.25, 0.3) is 5.91 Å². The third-order valence-electron chi connectivity index (χ3n) is 4.09. The Labute approximate surface area is 137 Å². The molecule has 0 atom stereocenters. The summed E-state index contributed by atoms with van der Waals surface area (Å²) in [6.07, 6.45) is 7.15. The Kier molecular flexibility index (Phi) is 4.50. The van der Waals surface area contributed by atoms with Gasteiger partial charge >= 0.3 is 0 Å². The highest BCUT2D eigenvalue weighted by atomic mass is 79.9. The maximum Gasteiger partial charge on any atom is 0.263 e.